The largest absolute Gasteiger partial charge is 0.456 e. The Morgan fingerprint density at radius 3 is 2.59 bits per heavy atom. The Labute approximate surface area is 215 Å². The highest BCUT2D eigenvalue weighted by Crippen LogP contribution is 2.39. The monoisotopic (exact) mass is 519 g/mol. The molecule has 0 spiro atoms. The number of benzene rings is 3. The van der Waals surface area contributed by atoms with Crippen LogP contribution >= 0.6 is 0 Å². The van der Waals surface area contributed by atoms with Gasteiger partial charge in [-0.15, -0.1) is 5.10 Å². The Morgan fingerprint density at radius 1 is 0.919 bits per heavy atom. The summed E-state index contributed by atoms with van der Waals surface area (Å²) >= 11 is 0. The van der Waals surface area contributed by atoms with Gasteiger partial charge in [-0.2, -0.15) is 4.31 Å². The molecule has 3 heterocycles. The lowest BCUT2D eigenvalue weighted by Gasteiger charge is -2.28. The molecule has 0 unspecified atom stereocenters. The van der Waals surface area contributed by atoms with E-state index in [-0.39, 0.29) is 23.8 Å². The molecule has 0 atom stereocenters. The molecule has 0 aliphatic carbocycles. The molecule has 2 aliphatic heterocycles. The van der Waals surface area contributed by atoms with Crippen LogP contribution in [0.4, 0.5) is 10.1 Å². The van der Waals surface area contributed by atoms with Gasteiger partial charge < -0.3 is 9.64 Å². The van der Waals surface area contributed by atoms with Crippen molar-refractivity contribution in [1.82, 2.24) is 19.3 Å². The molecule has 0 N–H and O–H groups in total. The second kappa shape index (κ2) is 9.60. The van der Waals surface area contributed by atoms with Crippen molar-refractivity contribution in [2.75, 3.05) is 18.0 Å². The summed E-state index contributed by atoms with van der Waals surface area (Å²) in [7, 11) is -3.92. The molecule has 0 bridgehead atoms. The summed E-state index contributed by atoms with van der Waals surface area (Å²) in [6.45, 7) is 2.38. The summed E-state index contributed by atoms with van der Waals surface area (Å²) in [5, 5.41) is 8.34. The topological polar surface area (TPSA) is 80.6 Å². The molecule has 1 saturated heterocycles. The molecule has 3 aromatic carbocycles. The standard InChI is InChI=1S/C27H26FN5O3S/c28-22-8-5-6-20(14-22)16-32-18-23(29-30-32)19-33-17-21-7-1-2-9-25(21)36-26-15-24(31-12-3-4-13-31)10-11-27(26)37(33,34)35/h1-2,5-11,14-15,18H,3-4,12-13,16-17,19H2. The average molecular weight is 520 g/mol. The van der Waals surface area contributed by atoms with Crippen molar-refractivity contribution >= 4 is 15.7 Å². The van der Waals surface area contributed by atoms with E-state index in [2.05, 4.69) is 15.2 Å². The van der Waals surface area contributed by atoms with Gasteiger partial charge in [-0.1, -0.05) is 35.5 Å². The van der Waals surface area contributed by atoms with E-state index in [0.717, 1.165) is 42.7 Å². The first-order chi connectivity index (χ1) is 18.0. The number of halogens is 1. The van der Waals surface area contributed by atoms with Gasteiger partial charge >= 0.3 is 0 Å². The Hall–Kier alpha value is -3.76. The zero-order valence-corrected chi connectivity index (χ0v) is 20.9. The van der Waals surface area contributed by atoms with Gasteiger partial charge in [-0.3, -0.25) is 0 Å². The molecule has 8 nitrogen and oxygen atoms in total. The van der Waals surface area contributed by atoms with E-state index < -0.39 is 10.0 Å². The second-order valence-corrected chi connectivity index (χ2v) is 11.3. The van der Waals surface area contributed by atoms with Gasteiger partial charge in [0, 0.05) is 37.0 Å². The molecule has 0 radical (unpaired) electrons. The maximum absolute atomic E-state index is 13.9. The molecular formula is C27H26FN5O3S. The number of rotatable bonds is 5. The first-order valence-corrected chi connectivity index (χ1v) is 13.7. The van der Waals surface area contributed by atoms with Gasteiger partial charge in [-0.25, -0.2) is 17.5 Å². The van der Waals surface area contributed by atoms with Crippen LogP contribution in [0.1, 0.15) is 29.7 Å². The van der Waals surface area contributed by atoms with E-state index in [1.54, 1.807) is 29.1 Å². The fraction of sp³-hybridized carbons (Fsp3) is 0.259. The smallest absolute Gasteiger partial charge is 0.247 e. The van der Waals surface area contributed by atoms with Crippen LogP contribution in [-0.2, 0) is 29.7 Å². The summed E-state index contributed by atoms with van der Waals surface area (Å²) in [6, 6.07) is 19.1. The summed E-state index contributed by atoms with van der Waals surface area (Å²) in [5.41, 5.74) is 2.95. The number of anilines is 1. The van der Waals surface area contributed by atoms with Crippen LogP contribution in [-0.4, -0.2) is 40.8 Å². The van der Waals surface area contributed by atoms with Crippen LogP contribution in [0.5, 0.6) is 11.5 Å². The third kappa shape index (κ3) is 4.82. The fourth-order valence-electron chi connectivity index (χ4n) is 4.86. The van der Waals surface area contributed by atoms with Gasteiger partial charge in [0.1, 0.15) is 22.2 Å². The molecule has 6 rings (SSSR count). The molecule has 37 heavy (non-hydrogen) atoms. The minimum Gasteiger partial charge on any atom is -0.456 e. The number of sulfonamides is 1. The van der Waals surface area contributed by atoms with Gasteiger partial charge in [-0.05, 0) is 48.7 Å². The zero-order chi connectivity index (χ0) is 25.4. The summed E-state index contributed by atoms with van der Waals surface area (Å²) in [6.07, 6.45) is 3.93. The zero-order valence-electron chi connectivity index (χ0n) is 20.1. The number of nitrogens with zero attached hydrogens (tertiary/aromatic N) is 5. The van der Waals surface area contributed by atoms with E-state index in [0.29, 0.717) is 23.7 Å². The molecule has 10 heteroatoms. The van der Waals surface area contributed by atoms with Crippen molar-refractivity contribution in [3.63, 3.8) is 0 Å². The second-order valence-electron chi connectivity index (χ2n) is 9.35. The minimum absolute atomic E-state index is 0.0349. The SMILES string of the molecule is O=S1(=O)c2ccc(N3CCCC3)cc2Oc2ccccc2CN1Cc1cn(Cc2cccc(F)c2)nn1. The molecule has 1 fully saturated rings. The molecule has 4 aromatic rings. The number of para-hydroxylation sites is 1. The summed E-state index contributed by atoms with van der Waals surface area (Å²) in [4.78, 5) is 2.37. The number of hydrogen-bond donors (Lipinski definition) is 0. The number of fused-ring (bicyclic) bond motifs is 2. The van der Waals surface area contributed by atoms with Crippen molar-refractivity contribution in [3.8, 4) is 11.5 Å². The lowest BCUT2D eigenvalue weighted by Crippen LogP contribution is -2.32. The Kier molecular flexibility index (Phi) is 6.13. The van der Waals surface area contributed by atoms with Crippen LogP contribution in [0.25, 0.3) is 0 Å². The molecule has 190 valence electrons. The average Bonchev–Trinajstić information content (AvgIpc) is 3.57. The number of ether oxygens (including phenoxy) is 1. The van der Waals surface area contributed by atoms with Gasteiger partial charge in [0.15, 0.2) is 0 Å². The molecule has 0 amide bonds. The van der Waals surface area contributed by atoms with Crippen LogP contribution in [0.2, 0.25) is 0 Å². The van der Waals surface area contributed by atoms with Crippen LogP contribution in [0, 0.1) is 5.82 Å². The van der Waals surface area contributed by atoms with Gasteiger partial charge in [0.05, 0.1) is 25.0 Å². The highest BCUT2D eigenvalue weighted by molar-refractivity contribution is 7.89. The first-order valence-electron chi connectivity index (χ1n) is 12.2. The lowest BCUT2D eigenvalue weighted by molar-refractivity contribution is 0.371. The molecule has 0 saturated carbocycles. The van der Waals surface area contributed by atoms with E-state index in [9.17, 15) is 12.8 Å². The Bertz CT molecular complexity index is 1550. The third-order valence-corrected chi connectivity index (χ3v) is 8.54. The van der Waals surface area contributed by atoms with Crippen LogP contribution < -0.4 is 9.64 Å². The van der Waals surface area contributed by atoms with Crippen LogP contribution in [0.15, 0.2) is 77.8 Å². The predicted molar refractivity (Wildman–Crippen MR) is 136 cm³/mol. The number of aromatic nitrogens is 3. The highest BCUT2D eigenvalue weighted by Gasteiger charge is 2.33. The molecule has 1 aromatic heterocycles. The van der Waals surface area contributed by atoms with E-state index in [1.807, 2.05) is 36.4 Å². The third-order valence-electron chi connectivity index (χ3n) is 6.71. The molecular weight excluding hydrogens is 493 g/mol. The Balaban J connectivity index is 1.33. The normalized spacial score (nSPS) is 16.9. The minimum atomic E-state index is -3.92. The van der Waals surface area contributed by atoms with Crippen LogP contribution in [0.3, 0.4) is 0 Å². The highest BCUT2D eigenvalue weighted by atomic mass is 32.2. The van der Waals surface area contributed by atoms with Gasteiger partial charge in [0.25, 0.3) is 0 Å². The van der Waals surface area contributed by atoms with Crippen molar-refractivity contribution in [2.45, 2.75) is 37.4 Å². The van der Waals surface area contributed by atoms with Crippen molar-refractivity contribution in [1.29, 1.82) is 0 Å². The lowest BCUT2D eigenvalue weighted by atomic mass is 10.2. The maximum atomic E-state index is 13.9. The van der Waals surface area contributed by atoms with Crippen molar-refractivity contribution in [3.05, 3.63) is 95.6 Å². The quantitative estimate of drug-likeness (QED) is 0.385. The Morgan fingerprint density at radius 2 is 1.76 bits per heavy atom. The maximum Gasteiger partial charge on any atom is 0.247 e. The fourth-order valence-corrected chi connectivity index (χ4v) is 6.34. The summed E-state index contributed by atoms with van der Waals surface area (Å²) < 4.78 is 50.5. The number of hydrogen-bond acceptors (Lipinski definition) is 6. The summed E-state index contributed by atoms with van der Waals surface area (Å²) in [5.74, 6) is 0.616. The van der Waals surface area contributed by atoms with Crippen molar-refractivity contribution < 1.29 is 17.5 Å². The van der Waals surface area contributed by atoms with Crippen molar-refractivity contribution in [2.24, 2.45) is 0 Å². The first kappa shape index (κ1) is 23.6. The molecule has 2 aliphatic rings. The van der Waals surface area contributed by atoms with E-state index >= 15 is 0 Å². The van der Waals surface area contributed by atoms with E-state index in [1.165, 1.54) is 16.4 Å². The van der Waals surface area contributed by atoms with Gasteiger partial charge in [0.2, 0.25) is 10.0 Å². The van der Waals surface area contributed by atoms with E-state index in [4.69, 9.17) is 4.74 Å². The predicted octanol–water partition coefficient (Wildman–Crippen LogP) is 4.56.